The van der Waals surface area contributed by atoms with Crippen LogP contribution in [0.25, 0.3) is 0 Å². The van der Waals surface area contributed by atoms with Crippen LogP contribution in [0, 0.1) is 5.92 Å². The maximum Gasteiger partial charge on any atom is 0.311 e. The Morgan fingerprint density at radius 1 is 1.32 bits per heavy atom. The normalized spacial score (nSPS) is 18.7. The summed E-state index contributed by atoms with van der Waals surface area (Å²) in [4.78, 5) is 25.3. The zero-order chi connectivity index (χ0) is 13.8. The molecule has 4 heteroatoms. The van der Waals surface area contributed by atoms with Crippen molar-refractivity contribution in [2.24, 2.45) is 5.92 Å². The van der Waals surface area contributed by atoms with Crippen molar-refractivity contribution in [1.29, 1.82) is 0 Å². The molecular weight excluding hydrogens is 242 g/mol. The van der Waals surface area contributed by atoms with E-state index in [0.29, 0.717) is 13.2 Å². The second-order valence-electron chi connectivity index (χ2n) is 4.68. The minimum absolute atomic E-state index is 0.0118. The van der Waals surface area contributed by atoms with E-state index in [9.17, 15) is 9.59 Å². The van der Waals surface area contributed by atoms with Gasteiger partial charge in [-0.2, -0.15) is 0 Å². The van der Waals surface area contributed by atoms with Gasteiger partial charge in [-0.3, -0.25) is 9.59 Å². The molecule has 0 bridgehead atoms. The Hall–Kier alpha value is -1.84. The first-order chi connectivity index (χ1) is 9.15. The first-order valence-corrected chi connectivity index (χ1v) is 6.71. The lowest BCUT2D eigenvalue weighted by molar-refractivity contribution is -0.147. The number of carbonyl (C=O) groups is 2. The molecule has 1 amide bonds. The van der Waals surface area contributed by atoms with E-state index < -0.39 is 0 Å². The molecule has 102 valence electrons. The lowest BCUT2D eigenvalue weighted by Crippen LogP contribution is -2.26. The number of anilines is 1. The molecule has 1 aromatic rings. The number of rotatable bonds is 4. The molecule has 1 fully saturated rings. The van der Waals surface area contributed by atoms with Crippen molar-refractivity contribution in [2.45, 2.75) is 26.7 Å². The van der Waals surface area contributed by atoms with Crippen LogP contribution in [-0.4, -0.2) is 25.0 Å². The SMILES string of the molecule is CCOC(=O)[C@H]1CC(=O)N(c2ccc(CC)cc2)C1. The fourth-order valence-corrected chi connectivity index (χ4v) is 2.29. The van der Waals surface area contributed by atoms with Gasteiger partial charge in [-0.25, -0.2) is 0 Å². The fourth-order valence-electron chi connectivity index (χ4n) is 2.29. The standard InChI is InChI=1S/C15H19NO3/c1-3-11-5-7-13(8-6-11)16-10-12(9-14(16)17)15(18)19-4-2/h5-8,12H,3-4,9-10H2,1-2H3/t12-/m0/s1. The van der Waals surface area contributed by atoms with Crippen LogP contribution >= 0.6 is 0 Å². The smallest absolute Gasteiger partial charge is 0.311 e. The molecule has 1 aliphatic heterocycles. The number of benzene rings is 1. The predicted molar refractivity (Wildman–Crippen MR) is 72.9 cm³/mol. The van der Waals surface area contributed by atoms with E-state index >= 15 is 0 Å². The van der Waals surface area contributed by atoms with Crippen molar-refractivity contribution in [3.8, 4) is 0 Å². The molecule has 0 N–H and O–H groups in total. The van der Waals surface area contributed by atoms with Crippen LogP contribution in [-0.2, 0) is 20.7 Å². The number of hydrogen-bond acceptors (Lipinski definition) is 3. The number of hydrogen-bond donors (Lipinski definition) is 0. The summed E-state index contributed by atoms with van der Waals surface area (Å²) in [5.74, 6) is -0.621. The molecule has 0 spiro atoms. The molecular formula is C15H19NO3. The van der Waals surface area contributed by atoms with Gasteiger partial charge in [0.2, 0.25) is 5.91 Å². The van der Waals surface area contributed by atoms with Gasteiger partial charge in [-0.15, -0.1) is 0 Å². The molecule has 0 radical (unpaired) electrons. The Labute approximate surface area is 113 Å². The second kappa shape index (κ2) is 5.87. The Morgan fingerprint density at radius 3 is 2.58 bits per heavy atom. The van der Waals surface area contributed by atoms with E-state index in [1.54, 1.807) is 11.8 Å². The Morgan fingerprint density at radius 2 is 2.00 bits per heavy atom. The average Bonchev–Trinajstić information content (AvgIpc) is 2.81. The molecule has 4 nitrogen and oxygen atoms in total. The molecule has 0 saturated carbocycles. The van der Waals surface area contributed by atoms with Crippen LogP contribution in [0.4, 0.5) is 5.69 Å². The molecule has 1 aliphatic rings. The maximum absolute atomic E-state index is 12.0. The molecule has 0 aromatic heterocycles. The number of aryl methyl sites for hydroxylation is 1. The second-order valence-corrected chi connectivity index (χ2v) is 4.68. The van der Waals surface area contributed by atoms with Crippen molar-refractivity contribution in [1.82, 2.24) is 0 Å². The molecule has 0 unspecified atom stereocenters. The number of esters is 1. The van der Waals surface area contributed by atoms with Gasteiger partial charge in [0.1, 0.15) is 0 Å². The van der Waals surface area contributed by atoms with Crippen molar-refractivity contribution in [3.63, 3.8) is 0 Å². The molecule has 0 aliphatic carbocycles. The van der Waals surface area contributed by atoms with Gasteiger partial charge in [0, 0.05) is 18.7 Å². The van der Waals surface area contributed by atoms with Gasteiger partial charge < -0.3 is 9.64 Å². The van der Waals surface area contributed by atoms with Crippen molar-refractivity contribution < 1.29 is 14.3 Å². The highest BCUT2D eigenvalue weighted by atomic mass is 16.5. The summed E-state index contributed by atoms with van der Waals surface area (Å²) in [7, 11) is 0. The summed E-state index contributed by atoms with van der Waals surface area (Å²) in [5.41, 5.74) is 2.09. The molecule has 19 heavy (non-hydrogen) atoms. The largest absolute Gasteiger partial charge is 0.466 e. The molecule has 1 saturated heterocycles. The summed E-state index contributed by atoms with van der Waals surface area (Å²) in [6.07, 6.45) is 1.22. The van der Waals surface area contributed by atoms with E-state index in [1.165, 1.54) is 5.56 Å². The van der Waals surface area contributed by atoms with Gasteiger partial charge in [0.05, 0.1) is 12.5 Å². The third-order valence-corrected chi connectivity index (χ3v) is 3.40. The van der Waals surface area contributed by atoms with E-state index in [1.807, 2.05) is 24.3 Å². The number of ether oxygens (including phenoxy) is 1. The quantitative estimate of drug-likeness (QED) is 0.780. The zero-order valence-electron chi connectivity index (χ0n) is 11.4. The Bertz CT molecular complexity index is 467. The maximum atomic E-state index is 12.0. The third-order valence-electron chi connectivity index (χ3n) is 3.40. The summed E-state index contributed by atoms with van der Waals surface area (Å²) < 4.78 is 4.98. The van der Waals surface area contributed by atoms with Crippen LogP contribution in [0.2, 0.25) is 0 Å². The van der Waals surface area contributed by atoms with E-state index in [0.717, 1.165) is 12.1 Å². The van der Waals surface area contributed by atoms with Gasteiger partial charge in [0.15, 0.2) is 0 Å². The number of amides is 1. The van der Waals surface area contributed by atoms with Crippen molar-refractivity contribution in [2.75, 3.05) is 18.1 Å². The molecule has 1 aromatic carbocycles. The van der Waals surface area contributed by atoms with Gasteiger partial charge in [0.25, 0.3) is 0 Å². The lowest BCUT2D eigenvalue weighted by atomic mass is 10.1. The highest BCUT2D eigenvalue weighted by molar-refractivity contribution is 5.99. The van der Waals surface area contributed by atoms with Crippen LogP contribution < -0.4 is 4.90 Å². The topological polar surface area (TPSA) is 46.6 Å². The number of carbonyl (C=O) groups excluding carboxylic acids is 2. The van der Waals surface area contributed by atoms with Crippen LogP contribution in [0.5, 0.6) is 0 Å². The third kappa shape index (κ3) is 2.95. The van der Waals surface area contributed by atoms with Gasteiger partial charge >= 0.3 is 5.97 Å². The lowest BCUT2D eigenvalue weighted by Gasteiger charge is -2.16. The highest BCUT2D eigenvalue weighted by Gasteiger charge is 2.35. The zero-order valence-corrected chi connectivity index (χ0v) is 11.4. The van der Waals surface area contributed by atoms with E-state index in [-0.39, 0.29) is 24.2 Å². The highest BCUT2D eigenvalue weighted by Crippen LogP contribution is 2.26. The molecule has 1 atom stereocenters. The summed E-state index contributed by atoms with van der Waals surface area (Å²) in [5, 5.41) is 0. The Kier molecular flexibility index (Phi) is 4.20. The number of nitrogens with zero attached hydrogens (tertiary/aromatic N) is 1. The van der Waals surface area contributed by atoms with Gasteiger partial charge in [-0.1, -0.05) is 19.1 Å². The van der Waals surface area contributed by atoms with Gasteiger partial charge in [-0.05, 0) is 31.0 Å². The predicted octanol–water partition coefficient (Wildman–Crippen LogP) is 2.17. The first-order valence-electron chi connectivity index (χ1n) is 6.71. The molecule has 2 rings (SSSR count). The summed E-state index contributed by atoms with van der Waals surface area (Å²) in [6, 6.07) is 7.90. The average molecular weight is 261 g/mol. The van der Waals surface area contributed by atoms with Crippen LogP contribution in [0.3, 0.4) is 0 Å². The fraction of sp³-hybridized carbons (Fsp3) is 0.467. The van der Waals surface area contributed by atoms with Crippen LogP contribution in [0.1, 0.15) is 25.8 Å². The Balaban J connectivity index is 2.08. The minimum Gasteiger partial charge on any atom is -0.466 e. The van der Waals surface area contributed by atoms with Crippen LogP contribution in [0.15, 0.2) is 24.3 Å². The molecule has 1 heterocycles. The first kappa shape index (κ1) is 13.6. The van der Waals surface area contributed by atoms with E-state index in [2.05, 4.69) is 6.92 Å². The summed E-state index contributed by atoms with van der Waals surface area (Å²) in [6.45, 7) is 4.64. The van der Waals surface area contributed by atoms with Crippen molar-refractivity contribution in [3.05, 3.63) is 29.8 Å². The minimum atomic E-state index is -0.335. The van der Waals surface area contributed by atoms with Crippen molar-refractivity contribution >= 4 is 17.6 Å². The monoisotopic (exact) mass is 261 g/mol. The van der Waals surface area contributed by atoms with E-state index in [4.69, 9.17) is 4.74 Å². The summed E-state index contributed by atoms with van der Waals surface area (Å²) >= 11 is 0.